The number of rotatable bonds is 4. The summed E-state index contributed by atoms with van der Waals surface area (Å²) in [5.41, 5.74) is 0.655. The minimum absolute atomic E-state index is 0.0832. The molecule has 0 amide bonds. The van der Waals surface area contributed by atoms with Crippen LogP contribution in [-0.4, -0.2) is 88.1 Å². The maximum Gasteiger partial charge on any atom is 0.316 e. The van der Waals surface area contributed by atoms with E-state index in [9.17, 15) is 25.2 Å². The van der Waals surface area contributed by atoms with Gasteiger partial charge in [-0.2, -0.15) is 0 Å². The Kier molecular flexibility index (Phi) is 12.0. The van der Waals surface area contributed by atoms with Crippen LogP contribution in [-0.2, 0) is 23.7 Å². The molecule has 9 nitrogen and oxygen atoms in total. The van der Waals surface area contributed by atoms with Crippen molar-refractivity contribution in [1.29, 1.82) is 0 Å². The minimum atomic E-state index is -2.19. The molecule has 0 saturated carbocycles. The highest BCUT2D eigenvalue weighted by Gasteiger charge is 2.57. The van der Waals surface area contributed by atoms with Crippen LogP contribution in [0.5, 0.6) is 0 Å². The summed E-state index contributed by atoms with van der Waals surface area (Å²) in [6.45, 7) is 13.5. The number of fused-ring (bicyclic) bond motifs is 3. The Bertz CT molecular complexity index is 1250. The van der Waals surface area contributed by atoms with Crippen molar-refractivity contribution < 1.29 is 44.2 Å². The summed E-state index contributed by atoms with van der Waals surface area (Å²) in [5, 5.41) is 45.4. The van der Waals surface area contributed by atoms with Crippen LogP contribution in [0.3, 0.4) is 0 Å². The largest absolute Gasteiger partial charge is 0.462 e. The van der Waals surface area contributed by atoms with E-state index >= 15 is 0 Å². The standard InChI is InChI=1S/C37H56O9/c1-21(2)14-24(5)32-26(7)31(39)19-36(46-32)18-29-17-28(45-36)13-12-23(4)15-22(3)10-9-11-27(20-38)37(42)30(35(41)44-29)16-25(6)33(43-8)34(37)40/h9-12,14,16,21-22,26,28-34,38-40,42H,13,15,17-20H2,1-8H3. The van der Waals surface area contributed by atoms with Crippen LogP contribution >= 0.6 is 0 Å². The Morgan fingerprint density at radius 3 is 2.52 bits per heavy atom. The summed E-state index contributed by atoms with van der Waals surface area (Å²) >= 11 is 0. The minimum Gasteiger partial charge on any atom is -0.462 e. The highest BCUT2D eigenvalue weighted by atomic mass is 16.7. The summed E-state index contributed by atoms with van der Waals surface area (Å²) in [5.74, 6) is -2.95. The molecule has 1 aliphatic carbocycles. The van der Waals surface area contributed by atoms with Gasteiger partial charge in [-0.25, -0.2) is 0 Å². The number of carbonyl (C=O) groups is 1. The molecule has 0 radical (unpaired) electrons. The lowest BCUT2D eigenvalue weighted by Crippen LogP contribution is -2.61. The van der Waals surface area contributed by atoms with Crippen molar-refractivity contribution in [3.8, 4) is 0 Å². The van der Waals surface area contributed by atoms with E-state index in [0.717, 1.165) is 12.0 Å². The predicted octanol–water partition coefficient (Wildman–Crippen LogP) is 4.70. The van der Waals surface area contributed by atoms with Crippen LogP contribution in [0.25, 0.3) is 0 Å². The van der Waals surface area contributed by atoms with E-state index in [1.807, 2.05) is 19.9 Å². The Morgan fingerprint density at radius 2 is 1.87 bits per heavy atom. The molecule has 46 heavy (non-hydrogen) atoms. The maximum atomic E-state index is 14.1. The summed E-state index contributed by atoms with van der Waals surface area (Å²) in [6.07, 6.45) is 8.82. The van der Waals surface area contributed by atoms with Crippen molar-refractivity contribution in [2.75, 3.05) is 13.7 Å². The average molecular weight is 645 g/mol. The Hall–Kier alpha value is -2.11. The Balaban J connectivity index is 1.78. The third-order valence-electron chi connectivity index (χ3n) is 10.1. The molecule has 2 saturated heterocycles. The number of hydrogen-bond donors (Lipinski definition) is 4. The van der Waals surface area contributed by atoms with Gasteiger partial charge in [0.05, 0.1) is 24.9 Å². The van der Waals surface area contributed by atoms with Gasteiger partial charge in [-0.15, -0.1) is 0 Å². The lowest BCUT2D eigenvalue weighted by Gasteiger charge is -2.51. The molecule has 0 aromatic carbocycles. The van der Waals surface area contributed by atoms with Gasteiger partial charge in [0, 0.05) is 32.3 Å². The van der Waals surface area contributed by atoms with Gasteiger partial charge in [-0.05, 0) is 62.2 Å². The summed E-state index contributed by atoms with van der Waals surface area (Å²) in [7, 11) is 1.43. The number of methoxy groups -OCH3 is 1. The zero-order valence-corrected chi connectivity index (χ0v) is 28.8. The van der Waals surface area contributed by atoms with Crippen molar-refractivity contribution >= 4 is 5.97 Å². The summed E-state index contributed by atoms with van der Waals surface area (Å²) in [6, 6.07) is 0. The number of ether oxygens (including phenoxy) is 4. The van der Waals surface area contributed by atoms with Gasteiger partial charge in [-0.1, -0.05) is 69.7 Å². The molecule has 2 fully saturated rings. The molecule has 258 valence electrons. The topological polar surface area (TPSA) is 135 Å². The zero-order valence-electron chi connectivity index (χ0n) is 28.8. The van der Waals surface area contributed by atoms with Crippen molar-refractivity contribution in [3.63, 3.8) is 0 Å². The molecular weight excluding hydrogens is 588 g/mol. The van der Waals surface area contributed by atoms with Crippen LogP contribution in [0, 0.1) is 23.7 Å². The molecule has 3 aliphatic heterocycles. The Morgan fingerprint density at radius 1 is 1.15 bits per heavy atom. The van der Waals surface area contributed by atoms with E-state index in [1.54, 1.807) is 25.2 Å². The number of hydrogen-bond acceptors (Lipinski definition) is 9. The molecular formula is C37H56O9. The molecule has 2 bridgehead atoms. The molecule has 4 aliphatic rings. The fourth-order valence-corrected chi connectivity index (χ4v) is 7.79. The SMILES string of the molecule is COC1C(C)=CC2C(=O)OC3CC(CC=C(C)CC(C)C=CC=C(CO)C2(O)C1O)OC1(C3)CC(O)C(C)C(C(C)=CC(C)C)O1. The molecule has 0 aromatic heterocycles. The number of aliphatic hydroxyl groups is 4. The van der Waals surface area contributed by atoms with E-state index in [-0.39, 0.29) is 42.5 Å². The highest BCUT2D eigenvalue weighted by molar-refractivity contribution is 5.78. The molecule has 4 rings (SSSR count). The lowest BCUT2D eigenvalue weighted by molar-refractivity contribution is -0.343. The molecule has 11 unspecified atom stereocenters. The van der Waals surface area contributed by atoms with Crippen LogP contribution in [0.2, 0.25) is 0 Å². The summed E-state index contributed by atoms with van der Waals surface area (Å²) < 4.78 is 25.2. The van der Waals surface area contributed by atoms with Gasteiger partial charge in [0.2, 0.25) is 0 Å². The fourth-order valence-electron chi connectivity index (χ4n) is 7.79. The third kappa shape index (κ3) is 7.78. The molecule has 0 aromatic rings. The molecule has 3 heterocycles. The van der Waals surface area contributed by atoms with E-state index < -0.39 is 54.3 Å². The highest BCUT2D eigenvalue weighted by Crippen LogP contribution is 2.46. The molecule has 1 spiro atoms. The summed E-state index contributed by atoms with van der Waals surface area (Å²) in [4.78, 5) is 14.1. The second kappa shape index (κ2) is 15.0. The van der Waals surface area contributed by atoms with Gasteiger partial charge in [0.1, 0.15) is 29.8 Å². The number of carbonyl (C=O) groups excluding carboxylic acids is 1. The van der Waals surface area contributed by atoms with E-state index in [4.69, 9.17) is 18.9 Å². The number of allylic oxidation sites excluding steroid dienone is 5. The zero-order chi connectivity index (χ0) is 34.0. The first-order chi connectivity index (χ1) is 21.6. The number of esters is 1. The van der Waals surface area contributed by atoms with E-state index in [1.165, 1.54) is 12.7 Å². The smallest absolute Gasteiger partial charge is 0.316 e. The quantitative estimate of drug-likeness (QED) is 0.254. The van der Waals surface area contributed by atoms with Crippen LogP contribution in [0.4, 0.5) is 0 Å². The Labute approximate surface area is 274 Å². The first kappa shape index (κ1) is 36.7. The van der Waals surface area contributed by atoms with Gasteiger partial charge in [-0.3, -0.25) is 4.79 Å². The normalized spacial score (nSPS) is 41.4. The third-order valence-corrected chi connectivity index (χ3v) is 10.1. The van der Waals surface area contributed by atoms with Gasteiger partial charge < -0.3 is 39.4 Å². The van der Waals surface area contributed by atoms with Crippen molar-refractivity contribution in [1.82, 2.24) is 0 Å². The number of aliphatic hydroxyl groups excluding tert-OH is 3. The van der Waals surface area contributed by atoms with E-state index in [0.29, 0.717) is 24.3 Å². The monoisotopic (exact) mass is 644 g/mol. The van der Waals surface area contributed by atoms with E-state index in [2.05, 4.69) is 39.8 Å². The fraction of sp³-hybridized carbons (Fsp3) is 0.703. The second-order valence-electron chi connectivity index (χ2n) is 14.5. The average Bonchev–Trinajstić information content (AvgIpc) is 2.97. The van der Waals surface area contributed by atoms with Crippen LogP contribution < -0.4 is 0 Å². The van der Waals surface area contributed by atoms with Crippen molar-refractivity contribution in [2.24, 2.45) is 23.7 Å². The van der Waals surface area contributed by atoms with Gasteiger partial charge in [0.25, 0.3) is 0 Å². The lowest BCUT2D eigenvalue weighted by atomic mass is 9.69. The predicted molar refractivity (Wildman–Crippen MR) is 175 cm³/mol. The van der Waals surface area contributed by atoms with Crippen molar-refractivity contribution in [2.45, 2.75) is 129 Å². The van der Waals surface area contributed by atoms with Crippen molar-refractivity contribution in [3.05, 3.63) is 58.7 Å². The van der Waals surface area contributed by atoms with Crippen LogP contribution in [0.1, 0.15) is 80.6 Å². The van der Waals surface area contributed by atoms with Crippen LogP contribution in [0.15, 0.2) is 58.7 Å². The first-order valence-corrected chi connectivity index (χ1v) is 16.8. The molecule has 4 N–H and O–H groups in total. The molecule has 11 atom stereocenters. The first-order valence-electron chi connectivity index (χ1n) is 16.8. The second-order valence-corrected chi connectivity index (χ2v) is 14.5. The van der Waals surface area contributed by atoms with Gasteiger partial charge >= 0.3 is 5.97 Å². The molecule has 9 heteroatoms. The maximum absolute atomic E-state index is 14.1. The van der Waals surface area contributed by atoms with Gasteiger partial charge in [0.15, 0.2) is 5.79 Å².